The lowest BCUT2D eigenvalue weighted by Crippen LogP contribution is -2.14. The molecule has 12 heteroatoms. The highest BCUT2D eigenvalue weighted by molar-refractivity contribution is 7.89. The van der Waals surface area contributed by atoms with Gasteiger partial charge in [-0.25, -0.2) is 31.7 Å². The third kappa shape index (κ3) is 4.63. The molecule has 0 aliphatic carbocycles. The second-order valence-corrected chi connectivity index (χ2v) is 10.2. The van der Waals surface area contributed by atoms with E-state index in [1.54, 1.807) is 48.5 Å². The van der Waals surface area contributed by atoms with Gasteiger partial charge in [0.25, 0.3) is 0 Å². The van der Waals surface area contributed by atoms with E-state index in [-0.39, 0.29) is 27.7 Å². The van der Waals surface area contributed by atoms with Crippen molar-refractivity contribution in [3.05, 3.63) is 101 Å². The van der Waals surface area contributed by atoms with Crippen molar-refractivity contribution in [1.29, 1.82) is 0 Å². The number of rotatable bonds is 5. The summed E-state index contributed by atoms with van der Waals surface area (Å²) < 4.78 is 56.2. The summed E-state index contributed by atoms with van der Waals surface area (Å²) in [5.74, 6) is -1.30. The maximum atomic E-state index is 14.9. The summed E-state index contributed by atoms with van der Waals surface area (Å²) in [7, 11) is -4.11. The monoisotopic (exact) mass is 545 g/mol. The highest BCUT2D eigenvalue weighted by atomic mass is 35.5. The average Bonchev–Trinajstić information content (AvgIpc) is 3.42. The van der Waals surface area contributed by atoms with E-state index in [0.717, 1.165) is 17.1 Å². The number of primary sulfonamides is 1. The zero-order chi connectivity index (χ0) is 25.6. The van der Waals surface area contributed by atoms with Crippen molar-refractivity contribution in [3.63, 3.8) is 0 Å². The third-order valence-electron chi connectivity index (χ3n) is 5.34. The molecule has 182 valence electrons. The lowest BCUT2D eigenvalue weighted by molar-refractivity contribution is 0.597. The molecule has 0 unspecified atom stereocenters. The minimum atomic E-state index is -4.11. The second-order valence-electron chi connectivity index (χ2n) is 7.75. The zero-order valence-corrected chi connectivity index (χ0v) is 20.4. The van der Waals surface area contributed by atoms with Crippen LogP contribution in [-0.4, -0.2) is 28.0 Å². The Kier molecular flexibility index (Phi) is 6.13. The summed E-state index contributed by atoms with van der Waals surface area (Å²) in [6.45, 7) is 0. The van der Waals surface area contributed by atoms with E-state index in [9.17, 15) is 17.2 Å². The number of nitrogens with two attached hydrogens (primary N) is 1. The number of nitrogens with zero attached hydrogens (tertiary/aromatic N) is 4. The van der Waals surface area contributed by atoms with Crippen molar-refractivity contribution in [2.24, 2.45) is 5.14 Å². The molecule has 5 aromatic rings. The number of benzene rings is 3. The van der Waals surface area contributed by atoms with Gasteiger partial charge in [-0.3, -0.25) is 0 Å². The molecule has 5 rings (SSSR count). The molecule has 0 aliphatic rings. The molecule has 0 aliphatic heterocycles. The Balaban J connectivity index is 1.67. The molecule has 0 spiro atoms. The summed E-state index contributed by atoms with van der Waals surface area (Å²) >= 11 is 11.8. The topological polar surface area (TPSA) is 95.8 Å². The fourth-order valence-corrected chi connectivity index (χ4v) is 4.40. The highest BCUT2D eigenvalue weighted by Crippen LogP contribution is 2.29. The maximum absolute atomic E-state index is 14.9. The van der Waals surface area contributed by atoms with Gasteiger partial charge in [-0.05, 0) is 42.5 Å². The normalized spacial score (nSPS) is 11.7. The second kappa shape index (κ2) is 9.14. The van der Waals surface area contributed by atoms with Crippen molar-refractivity contribution < 1.29 is 17.2 Å². The first-order chi connectivity index (χ1) is 17.1. The van der Waals surface area contributed by atoms with Gasteiger partial charge < -0.3 is 0 Å². The first-order valence-electron chi connectivity index (χ1n) is 10.3. The van der Waals surface area contributed by atoms with E-state index >= 15 is 0 Å². The van der Waals surface area contributed by atoms with Gasteiger partial charge in [0.2, 0.25) is 10.0 Å². The molecular weight excluding hydrogens is 531 g/mol. The molecule has 36 heavy (non-hydrogen) atoms. The van der Waals surface area contributed by atoms with Crippen LogP contribution in [0.15, 0.2) is 84.0 Å². The Morgan fingerprint density at radius 3 is 1.58 bits per heavy atom. The lowest BCUT2D eigenvalue weighted by Gasteiger charge is -2.11. The van der Waals surface area contributed by atoms with E-state index in [1.165, 1.54) is 22.9 Å². The molecule has 2 aromatic heterocycles. The van der Waals surface area contributed by atoms with Gasteiger partial charge in [0.05, 0.1) is 28.7 Å². The van der Waals surface area contributed by atoms with E-state index in [4.69, 9.17) is 28.3 Å². The van der Waals surface area contributed by atoms with Crippen LogP contribution in [0.2, 0.25) is 10.0 Å². The Bertz CT molecular complexity index is 1700. The standard InChI is InChI=1S/C24H15Cl2F2N5O2S/c25-16-5-1-14(2-6-16)23-19(27)12-32(30-23)21-10-9-18(36(29,34)35)11-22(21)33-13-20(28)24(31-33)15-3-7-17(26)8-4-15/h1-13H,(H2,29,34,35). The molecule has 0 amide bonds. The minimum Gasteiger partial charge on any atom is -0.235 e. The predicted octanol–water partition coefficient (Wildman–Crippen LogP) is 5.62. The predicted molar refractivity (Wildman–Crippen MR) is 133 cm³/mol. The Labute approximate surface area is 214 Å². The third-order valence-corrected chi connectivity index (χ3v) is 6.76. The molecule has 0 bridgehead atoms. The van der Waals surface area contributed by atoms with Gasteiger partial charge in [-0.2, -0.15) is 10.2 Å². The molecule has 7 nitrogen and oxygen atoms in total. The molecule has 0 saturated heterocycles. The first-order valence-corrected chi connectivity index (χ1v) is 12.6. The van der Waals surface area contributed by atoms with Crippen molar-refractivity contribution >= 4 is 33.2 Å². The van der Waals surface area contributed by atoms with Gasteiger partial charge in [0.15, 0.2) is 11.6 Å². The van der Waals surface area contributed by atoms with Crippen LogP contribution in [0.4, 0.5) is 8.78 Å². The molecule has 0 radical (unpaired) electrons. The van der Waals surface area contributed by atoms with Crippen molar-refractivity contribution in [2.45, 2.75) is 4.90 Å². The minimum absolute atomic E-state index is 0.00660. The molecule has 2 heterocycles. The molecule has 0 atom stereocenters. The molecular formula is C24H15Cl2F2N5O2S. The summed E-state index contributed by atoms with van der Waals surface area (Å²) in [6.07, 6.45) is 2.20. The summed E-state index contributed by atoms with van der Waals surface area (Å²) in [6, 6.07) is 16.7. The number of sulfonamides is 1. The molecule has 0 saturated carbocycles. The van der Waals surface area contributed by atoms with Crippen LogP contribution in [0, 0.1) is 11.6 Å². The van der Waals surface area contributed by atoms with E-state index < -0.39 is 21.7 Å². The van der Waals surface area contributed by atoms with Crippen LogP contribution in [0.1, 0.15) is 0 Å². The van der Waals surface area contributed by atoms with Crippen LogP contribution in [-0.2, 0) is 10.0 Å². The summed E-state index contributed by atoms with van der Waals surface area (Å²) in [5, 5.41) is 14.9. The van der Waals surface area contributed by atoms with Crippen LogP contribution >= 0.6 is 23.2 Å². The molecule has 0 fully saturated rings. The van der Waals surface area contributed by atoms with Crippen molar-refractivity contribution in [2.75, 3.05) is 0 Å². The van der Waals surface area contributed by atoms with Crippen molar-refractivity contribution in [1.82, 2.24) is 19.6 Å². The lowest BCUT2D eigenvalue weighted by atomic mass is 10.1. The average molecular weight is 546 g/mol. The van der Waals surface area contributed by atoms with E-state index in [1.807, 2.05) is 0 Å². The smallest absolute Gasteiger partial charge is 0.235 e. The Morgan fingerprint density at radius 2 is 1.14 bits per heavy atom. The van der Waals surface area contributed by atoms with Crippen LogP contribution in [0.25, 0.3) is 33.9 Å². The quantitative estimate of drug-likeness (QED) is 0.309. The highest BCUT2D eigenvalue weighted by Gasteiger charge is 2.20. The van der Waals surface area contributed by atoms with Crippen LogP contribution < -0.4 is 5.14 Å². The molecule has 3 aromatic carbocycles. The van der Waals surface area contributed by atoms with Crippen molar-refractivity contribution in [3.8, 4) is 33.9 Å². The number of halogens is 4. The zero-order valence-electron chi connectivity index (χ0n) is 18.1. The fourth-order valence-electron chi connectivity index (χ4n) is 3.62. The van der Waals surface area contributed by atoms with Crippen LogP contribution in [0.5, 0.6) is 0 Å². The summed E-state index contributed by atoms with van der Waals surface area (Å²) in [4.78, 5) is -0.240. The van der Waals surface area contributed by atoms with Gasteiger partial charge in [0, 0.05) is 21.2 Å². The van der Waals surface area contributed by atoms with Crippen LogP contribution in [0.3, 0.4) is 0 Å². The van der Waals surface area contributed by atoms with E-state index in [0.29, 0.717) is 21.2 Å². The fraction of sp³-hybridized carbons (Fsp3) is 0. The van der Waals surface area contributed by atoms with Gasteiger partial charge >= 0.3 is 0 Å². The van der Waals surface area contributed by atoms with Gasteiger partial charge in [0.1, 0.15) is 11.4 Å². The van der Waals surface area contributed by atoms with Gasteiger partial charge in [-0.15, -0.1) is 0 Å². The largest absolute Gasteiger partial charge is 0.238 e. The Morgan fingerprint density at radius 1 is 0.694 bits per heavy atom. The molecule has 2 N–H and O–H groups in total. The number of hydrogen-bond donors (Lipinski definition) is 1. The maximum Gasteiger partial charge on any atom is 0.238 e. The first kappa shape index (κ1) is 24.1. The number of hydrogen-bond acceptors (Lipinski definition) is 4. The summed E-state index contributed by atoms with van der Waals surface area (Å²) in [5.41, 5.74) is 1.31. The van der Waals surface area contributed by atoms with E-state index in [2.05, 4.69) is 10.2 Å². The SMILES string of the molecule is NS(=O)(=O)c1ccc(-n2cc(F)c(-c3ccc(Cl)cc3)n2)c(-n2cc(F)c(-c3ccc(Cl)cc3)n2)c1. The van der Waals surface area contributed by atoms with Gasteiger partial charge in [-0.1, -0.05) is 47.5 Å². The number of aromatic nitrogens is 4. The Hall–Kier alpha value is -3.57.